The van der Waals surface area contributed by atoms with E-state index in [4.69, 9.17) is 0 Å². The minimum absolute atomic E-state index is 0.00800. The fourth-order valence-electron chi connectivity index (χ4n) is 2.81. The second-order valence-corrected chi connectivity index (χ2v) is 7.09. The van der Waals surface area contributed by atoms with Crippen molar-refractivity contribution in [3.63, 3.8) is 0 Å². The number of halogens is 3. The van der Waals surface area contributed by atoms with Gasteiger partial charge in [-0.05, 0) is 0 Å². The van der Waals surface area contributed by atoms with Gasteiger partial charge < -0.3 is 0 Å². The van der Waals surface area contributed by atoms with Crippen molar-refractivity contribution in [3.05, 3.63) is 95.2 Å². The first kappa shape index (κ1) is 17.8. The van der Waals surface area contributed by atoms with E-state index in [0.29, 0.717) is 6.42 Å². The molecule has 0 saturated carbocycles. The number of aromatic nitrogens is 1. The molecular formula is C20H17AsF3N. The van der Waals surface area contributed by atoms with Gasteiger partial charge in [-0.2, -0.15) is 0 Å². The Bertz CT molecular complexity index is 830. The first-order chi connectivity index (χ1) is 11.9. The van der Waals surface area contributed by atoms with E-state index >= 15 is 0 Å². The van der Waals surface area contributed by atoms with Gasteiger partial charge in [0.15, 0.2) is 0 Å². The summed E-state index contributed by atoms with van der Waals surface area (Å²) in [6.45, 7) is 0. The molecule has 2 aromatic carbocycles. The number of alkyl halides is 3. The first-order valence-electron chi connectivity index (χ1n) is 7.87. The molecule has 25 heavy (non-hydrogen) atoms. The van der Waals surface area contributed by atoms with Crippen molar-refractivity contribution in [2.24, 2.45) is 0 Å². The van der Waals surface area contributed by atoms with Crippen molar-refractivity contribution in [2.75, 3.05) is 0 Å². The molecule has 0 aliphatic rings. The number of hydrogen-bond donors (Lipinski definition) is 0. The normalized spacial score (nSPS) is 12.8. The molecule has 3 aromatic rings. The van der Waals surface area contributed by atoms with Gasteiger partial charge in [-0.1, -0.05) is 0 Å². The fourth-order valence-corrected chi connectivity index (χ4v) is 3.35. The zero-order valence-electron chi connectivity index (χ0n) is 13.4. The number of nitrogens with zero attached hydrogens (tertiary/aromatic N) is 1. The van der Waals surface area contributed by atoms with Crippen LogP contribution in [0.2, 0.25) is 0 Å². The Morgan fingerprint density at radius 3 is 2.12 bits per heavy atom. The van der Waals surface area contributed by atoms with Crippen molar-refractivity contribution in [2.45, 2.75) is 18.5 Å². The zero-order chi connectivity index (χ0) is 17.9. The molecule has 5 heteroatoms. The van der Waals surface area contributed by atoms with Gasteiger partial charge in [0.2, 0.25) is 0 Å². The molecular weight excluding hydrogens is 386 g/mol. The third-order valence-electron chi connectivity index (χ3n) is 4.07. The van der Waals surface area contributed by atoms with E-state index in [2.05, 4.69) is 4.98 Å². The quantitative estimate of drug-likeness (QED) is 0.605. The standard InChI is InChI=1S/C20H17AsF3N/c21-19-8-4-7-18(25-19)17(15-5-2-1-3-6-15)13-14-9-11-16(12-10-14)20(22,23)24/h1-12,17H,13,21H2. The summed E-state index contributed by atoms with van der Waals surface area (Å²) in [6, 6.07) is 21.3. The third kappa shape index (κ3) is 4.52. The molecule has 0 amide bonds. The zero-order valence-corrected chi connectivity index (χ0v) is 15.8. The molecule has 1 aromatic heterocycles. The molecule has 3 rings (SSSR count). The predicted molar refractivity (Wildman–Crippen MR) is 95.8 cm³/mol. The molecule has 2 unspecified atom stereocenters. The van der Waals surface area contributed by atoms with Gasteiger partial charge >= 0.3 is 153 Å². The molecule has 0 fully saturated rings. The van der Waals surface area contributed by atoms with Gasteiger partial charge in [0.25, 0.3) is 0 Å². The molecule has 0 N–H and O–H groups in total. The third-order valence-corrected chi connectivity index (χ3v) is 4.75. The van der Waals surface area contributed by atoms with Crippen LogP contribution in [0.25, 0.3) is 0 Å². The van der Waals surface area contributed by atoms with Crippen molar-refractivity contribution in [3.8, 4) is 0 Å². The molecule has 0 bridgehead atoms. The van der Waals surface area contributed by atoms with Crippen LogP contribution < -0.4 is 4.48 Å². The topological polar surface area (TPSA) is 12.9 Å². The number of pyridine rings is 1. The Labute approximate surface area is 153 Å². The van der Waals surface area contributed by atoms with E-state index in [1.54, 1.807) is 12.1 Å². The van der Waals surface area contributed by atoms with Gasteiger partial charge in [0.1, 0.15) is 0 Å². The van der Waals surface area contributed by atoms with E-state index in [1.165, 1.54) is 16.9 Å². The Kier molecular flexibility index (Phi) is 5.29. The maximum atomic E-state index is 12.7. The first-order valence-corrected chi connectivity index (χ1v) is 9.08. The van der Waals surface area contributed by atoms with Crippen LogP contribution in [0, 0.1) is 0 Å². The molecule has 128 valence electrons. The summed E-state index contributed by atoms with van der Waals surface area (Å²) in [5.41, 5.74) is 2.28. The summed E-state index contributed by atoms with van der Waals surface area (Å²) in [4.78, 5) is 4.65. The van der Waals surface area contributed by atoms with E-state index in [-0.39, 0.29) is 5.92 Å². The number of rotatable bonds is 4. The van der Waals surface area contributed by atoms with E-state index < -0.39 is 11.7 Å². The van der Waals surface area contributed by atoms with Crippen LogP contribution in [0.1, 0.15) is 28.3 Å². The molecule has 1 nitrogen and oxygen atoms in total. The predicted octanol–water partition coefficient (Wildman–Crippen LogP) is 3.73. The monoisotopic (exact) mass is 403 g/mol. The average Bonchev–Trinajstić information content (AvgIpc) is 2.60. The minimum atomic E-state index is -4.31. The summed E-state index contributed by atoms with van der Waals surface area (Å²) in [6.07, 6.45) is -3.71. The van der Waals surface area contributed by atoms with Crippen LogP contribution in [0.5, 0.6) is 0 Å². The van der Waals surface area contributed by atoms with Crippen LogP contribution in [-0.2, 0) is 12.6 Å². The van der Waals surface area contributed by atoms with Gasteiger partial charge in [-0.25, -0.2) is 0 Å². The molecule has 2 atom stereocenters. The van der Waals surface area contributed by atoms with E-state index in [1.807, 2.05) is 48.5 Å². The average molecular weight is 403 g/mol. The Morgan fingerprint density at radius 1 is 0.840 bits per heavy atom. The summed E-state index contributed by atoms with van der Waals surface area (Å²) >= 11 is 1.45. The van der Waals surface area contributed by atoms with Crippen LogP contribution in [0.15, 0.2) is 72.8 Å². The van der Waals surface area contributed by atoms with Gasteiger partial charge in [-0.3, -0.25) is 0 Å². The van der Waals surface area contributed by atoms with E-state index in [0.717, 1.165) is 33.4 Å². The van der Waals surface area contributed by atoms with E-state index in [9.17, 15) is 13.2 Å². The molecule has 0 aliphatic heterocycles. The molecule has 0 radical (unpaired) electrons. The van der Waals surface area contributed by atoms with Gasteiger partial charge in [0.05, 0.1) is 0 Å². The number of hydrogen-bond acceptors (Lipinski definition) is 1. The van der Waals surface area contributed by atoms with Crippen LogP contribution >= 0.6 is 0 Å². The maximum absolute atomic E-state index is 12.7. The summed E-state index contributed by atoms with van der Waals surface area (Å²) in [5, 5.41) is 0. The molecule has 0 aliphatic carbocycles. The van der Waals surface area contributed by atoms with Gasteiger partial charge in [-0.15, -0.1) is 0 Å². The van der Waals surface area contributed by atoms with Gasteiger partial charge in [0, 0.05) is 0 Å². The molecule has 1 heterocycles. The summed E-state index contributed by atoms with van der Waals surface area (Å²) in [5.74, 6) is 0.00800. The Balaban J connectivity index is 1.93. The van der Waals surface area contributed by atoms with Crippen LogP contribution in [-0.4, -0.2) is 21.8 Å². The fraction of sp³-hybridized carbons (Fsp3) is 0.150. The summed E-state index contributed by atoms with van der Waals surface area (Å²) < 4.78 is 39.2. The van der Waals surface area contributed by atoms with Crippen LogP contribution in [0.3, 0.4) is 0 Å². The second kappa shape index (κ2) is 7.45. The Hall–Kier alpha value is -2.06. The molecule has 0 spiro atoms. The van der Waals surface area contributed by atoms with Crippen molar-refractivity contribution >= 4 is 21.3 Å². The second-order valence-electron chi connectivity index (χ2n) is 5.85. The van der Waals surface area contributed by atoms with Crippen molar-refractivity contribution < 1.29 is 13.2 Å². The molecule has 0 saturated heterocycles. The summed E-state index contributed by atoms with van der Waals surface area (Å²) in [7, 11) is 0. The Morgan fingerprint density at radius 2 is 1.52 bits per heavy atom. The SMILES string of the molecule is FC(F)(F)c1ccc(CC(c2ccccc2)c2cccc([AsH2])n2)cc1. The van der Waals surface area contributed by atoms with Crippen molar-refractivity contribution in [1.82, 2.24) is 4.98 Å². The van der Waals surface area contributed by atoms with Crippen LogP contribution in [0.4, 0.5) is 13.2 Å². The van der Waals surface area contributed by atoms with Crippen molar-refractivity contribution in [1.29, 1.82) is 0 Å². The number of benzene rings is 2.